The molecule has 4 rings (SSSR count). The Labute approximate surface area is 335 Å². The second-order valence-electron chi connectivity index (χ2n) is 15.7. The standard InChI is InChI=1S/C36H50Br2N4O10S2/c1-41(2,19-13-21-53(47,48)49)17-11-7-5-9-15-39-33(43)25-23-28(38)32-30-26(24-27(37)31(29(25)30)35(39)45)34(44)40(36(32)46)16-10-6-8-12-18-42(3,4)20-14-22-54(50,51)52/h23-24H,5-22H2,1-4H3. The average molecular weight is 923 g/mol. The van der Waals surface area contributed by atoms with Gasteiger partial charge in [-0.25, -0.2) is 16.8 Å². The summed E-state index contributed by atoms with van der Waals surface area (Å²) in [6.07, 6.45) is 6.64. The van der Waals surface area contributed by atoms with Gasteiger partial charge in [0.25, 0.3) is 23.6 Å². The Morgan fingerprint density at radius 2 is 0.833 bits per heavy atom. The maximum atomic E-state index is 13.9. The molecule has 4 amide bonds. The van der Waals surface area contributed by atoms with E-state index in [0.717, 1.165) is 51.6 Å². The second kappa shape index (κ2) is 17.9. The molecule has 14 nitrogen and oxygen atoms in total. The van der Waals surface area contributed by atoms with E-state index in [1.807, 2.05) is 28.2 Å². The highest BCUT2D eigenvalue weighted by atomic mass is 79.9. The zero-order chi connectivity index (χ0) is 40.2. The Bertz CT molecular complexity index is 1880. The molecule has 0 bridgehead atoms. The van der Waals surface area contributed by atoms with Crippen LogP contribution in [-0.2, 0) is 20.2 Å². The Morgan fingerprint density at radius 1 is 0.519 bits per heavy atom. The summed E-state index contributed by atoms with van der Waals surface area (Å²) in [5.41, 5.74) is 0.950. The highest BCUT2D eigenvalue weighted by Gasteiger charge is 2.42. The van der Waals surface area contributed by atoms with Gasteiger partial charge in [0.05, 0.1) is 85.7 Å². The Kier molecular flexibility index (Phi) is 14.7. The number of unbranched alkanes of at least 4 members (excludes halogenated alkanes) is 6. The second-order valence-corrected chi connectivity index (χ2v) is 20.4. The molecule has 300 valence electrons. The van der Waals surface area contributed by atoms with Crippen molar-refractivity contribution in [1.82, 2.24) is 9.80 Å². The van der Waals surface area contributed by atoms with Gasteiger partial charge in [-0.1, -0.05) is 12.8 Å². The quantitative estimate of drug-likeness (QED) is 0.0693. The molecule has 2 aromatic carbocycles. The van der Waals surface area contributed by atoms with Gasteiger partial charge in [-0.05, 0) is 82.5 Å². The van der Waals surface area contributed by atoms with Crippen molar-refractivity contribution >= 4 is 86.5 Å². The molecule has 2 aliphatic rings. The number of imide groups is 2. The lowest BCUT2D eigenvalue weighted by atomic mass is 9.85. The Morgan fingerprint density at radius 3 is 1.17 bits per heavy atom. The molecule has 18 heteroatoms. The number of halogens is 2. The molecule has 0 aliphatic carbocycles. The molecule has 0 atom stereocenters. The first-order valence-corrected chi connectivity index (χ1v) is 23.0. The van der Waals surface area contributed by atoms with Crippen LogP contribution in [0.1, 0.15) is 106 Å². The van der Waals surface area contributed by atoms with E-state index >= 15 is 0 Å². The summed E-state index contributed by atoms with van der Waals surface area (Å²) in [5.74, 6) is -2.73. The molecule has 0 unspecified atom stereocenters. The minimum absolute atomic E-state index is 0.194. The van der Waals surface area contributed by atoms with Gasteiger partial charge in [-0.2, -0.15) is 0 Å². The van der Waals surface area contributed by atoms with Crippen LogP contribution in [0.25, 0.3) is 10.8 Å². The summed E-state index contributed by atoms with van der Waals surface area (Å²) in [6, 6.07) is 3.13. The van der Waals surface area contributed by atoms with Gasteiger partial charge in [0, 0.05) is 68.3 Å². The molecule has 0 saturated heterocycles. The average Bonchev–Trinajstić information content (AvgIpc) is 3.03. The highest BCUT2D eigenvalue weighted by molar-refractivity contribution is 9.10. The van der Waals surface area contributed by atoms with Crippen molar-refractivity contribution in [2.45, 2.75) is 64.2 Å². The van der Waals surface area contributed by atoms with Crippen LogP contribution in [0.2, 0.25) is 0 Å². The van der Waals surface area contributed by atoms with E-state index in [0.29, 0.717) is 67.5 Å². The largest absolute Gasteiger partial charge is 0.748 e. The normalized spacial score (nSPS) is 15.3. The first kappa shape index (κ1) is 44.4. The van der Waals surface area contributed by atoms with Crippen LogP contribution in [0.15, 0.2) is 21.1 Å². The van der Waals surface area contributed by atoms with E-state index in [-0.39, 0.29) is 46.8 Å². The van der Waals surface area contributed by atoms with Crippen molar-refractivity contribution in [3.05, 3.63) is 43.3 Å². The fourth-order valence-corrected chi connectivity index (χ4v) is 9.52. The number of carbonyl (C=O) groups excluding carboxylic acids is 4. The van der Waals surface area contributed by atoms with E-state index in [1.54, 1.807) is 12.1 Å². The lowest BCUT2D eigenvalue weighted by Gasteiger charge is -2.33. The Hall–Kier alpha value is -2.32. The van der Waals surface area contributed by atoms with Crippen LogP contribution < -0.4 is 0 Å². The molecule has 2 aromatic rings. The first-order valence-electron chi connectivity index (χ1n) is 18.3. The number of hydrogen-bond donors (Lipinski definition) is 0. The maximum Gasteiger partial charge on any atom is 0.262 e. The molecular formula is C36H50Br2N4O10S2. The summed E-state index contributed by atoms with van der Waals surface area (Å²) >= 11 is 7.00. The molecule has 0 aromatic heterocycles. The minimum Gasteiger partial charge on any atom is -0.748 e. The van der Waals surface area contributed by atoms with Gasteiger partial charge in [0.2, 0.25) is 0 Å². The third-order valence-electron chi connectivity index (χ3n) is 10.3. The van der Waals surface area contributed by atoms with Crippen molar-refractivity contribution in [2.24, 2.45) is 0 Å². The lowest BCUT2D eigenvalue weighted by Crippen LogP contribution is -2.44. The number of amides is 4. The van der Waals surface area contributed by atoms with E-state index < -0.39 is 43.9 Å². The molecule has 0 fully saturated rings. The molecule has 0 spiro atoms. The van der Waals surface area contributed by atoms with Crippen molar-refractivity contribution in [3.63, 3.8) is 0 Å². The SMILES string of the molecule is C[N+](C)(CCCCCCN1C(=O)c2cc(Br)c3c4c(cc(Br)c(c24)C1=O)C(=O)N(CCCCCC[N+](C)(C)CCCS(=O)(=O)[O-])C3=O)CCCS(=O)(=O)[O-]. The highest BCUT2D eigenvalue weighted by Crippen LogP contribution is 2.44. The first-order chi connectivity index (χ1) is 25.0. The molecule has 0 radical (unpaired) electrons. The summed E-state index contributed by atoms with van der Waals surface area (Å²) in [7, 11) is -0.521. The third kappa shape index (κ3) is 11.4. The van der Waals surface area contributed by atoms with E-state index in [1.165, 1.54) is 9.80 Å². The maximum absolute atomic E-state index is 13.9. The molecule has 2 aliphatic heterocycles. The lowest BCUT2D eigenvalue weighted by molar-refractivity contribution is -0.890. The number of carbonyl (C=O) groups is 4. The van der Waals surface area contributed by atoms with Crippen LogP contribution in [-0.4, -0.2) is 147 Å². The van der Waals surface area contributed by atoms with Crippen molar-refractivity contribution in [2.75, 3.05) is 79.0 Å². The Balaban J connectivity index is 1.36. The van der Waals surface area contributed by atoms with Gasteiger partial charge in [-0.3, -0.25) is 29.0 Å². The summed E-state index contributed by atoms with van der Waals surface area (Å²) in [6.45, 7) is 3.10. The topological polar surface area (TPSA) is 189 Å². The molecule has 0 N–H and O–H groups in total. The van der Waals surface area contributed by atoms with Gasteiger partial charge in [-0.15, -0.1) is 0 Å². The van der Waals surface area contributed by atoms with E-state index in [9.17, 15) is 45.1 Å². The third-order valence-corrected chi connectivity index (χ3v) is 13.1. The molecule has 0 saturated carbocycles. The number of quaternary nitrogens is 2. The van der Waals surface area contributed by atoms with Crippen LogP contribution in [0, 0.1) is 0 Å². The zero-order valence-electron chi connectivity index (χ0n) is 31.3. The number of hydrogen-bond acceptors (Lipinski definition) is 10. The summed E-state index contributed by atoms with van der Waals surface area (Å²) < 4.78 is 67.4. The fourth-order valence-electron chi connectivity index (χ4n) is 7.37. The van der Waals surface area contributed by atoms with E-state index in [2.05, 4.69) is 31.9 Å². The summed E-state index contributed by atoms with van der Waals surface area (Å²) in [5, 5.41) is 0.590. The van der Waals surface area contributed by atoms with Gasteiger partial charge in [0.1, 0.15) is 0 Å². The monoisotopic (exact) mass is 920 g/mol. The number of nitrogens with zero attached hydrogens (tertiary/aromatic N) is 4. The summed E-state index contributed by atoms with van der Waals surface area (Å²) in [4.78, 5) is 57.8. The fraction of sp³-hybridized carbons (Fsp3) is 0.611. The molecule has 2 heterocycles. The van der Waals surface area contributed by atoms with Gasteiger partial charge >= 0.3 is 0 Å². The van der Waals surface area contributed by atoms with E-state index in [4.69, 9.17) is 0 Å². The predicted molar refractivity (Wildman–Crippen MR) is 209 cm³/mol. The van der Waals surface area contributed by atoms with Gasteiger partial charge < -0.3 is 18.1 Å². The van der Waals surface area contributed by atoms with Crippen LogP contribution >= 0.6 is 31.9 Å². The smallest absolute Gasteiger partial charge is 0.262 e. The molecule has 54 heavy (non-hydrogen) atoms. The van der Waals surface area contributed by atoms with Crippen LogP contribution in [0.4, 0.5) is 0 Å². The predicted octanol–water partition coefficient (Wildman–Crippen LogP) is 4.70. The van der Waals surface area contributed by atoms with Crippen molar-refractivity contribution in [3.8, 4) is 0 Å². The number of rotatable bonds is 22. The molecular weight excluding hydrogens is 872 g/mol. The van der Waals surface area contributed by atoms with Gasteiger partial charge in [0.15, 0.2) is 0 Å². The van der Waals surface area contributed by atoms with Crippen molar-refractivity contribution in [1.29, 1.82) is 0 Å². The van der Waals surface area contributed by atoms with Crippen LogP contribution in [0.5, 0.6) is 0 Å². The number of benzene rings is 2. The van der Waals surface area contributed by atoms with Crippen molar-refractivity contribution < 1.29 is 54.1 Å². The van der Waals surface area contributed by atoms with Crippen LogP contribution in [0.3, 0.4) is 0 Å². The zero-order valence-corrected chi connectivity index (χ0v) is 36.1. The minimum atomic E-state index is -4.23.